The van der Waals surface area contributed by atoms with Crippen molar-refractivity contribution in [1.29, 1.82) is 0 Å². The van der Waals surface area contributed by atoms with Gasteiger partial charge in [0.15, 0.2) is 0 Å². The number of aliphatic hydroxyl groups excluding tert-OH is 1. The number of aromatic nitrogens is 1. The van der Waals surface area contributed by atoms with Crippen LogP contribution in [0.3, 0.4) is 0 Å². The Bertz CT molecular complexity index is 806. The van der Waals surface area contributed by atoms with Crippen LogP contribution in [0.25, 0.3) is 0 Å². The summed E-state index contributed by atoms with van der Waals surface area (Å²) in [5.74, 6) is 0.561. The van der Waals surface area contributed by atoms with Gasteiger partial charge in [0, 0.05) is 23.2 Å². The minimum atomic E-state index is -0.415. The highest BCUT2D eigenvalue weighted by Gasteiger charge is 2.30. The van der Waals surface area contributed by atoms with E-state index >= 15 is 0 Å². The zero-order valence-electron chi connectivity index (χ0n) is 16.9. The van der Waals surface area contributed by atoms with Gasteiger partial charge in [-0.05, 0) is 69.9 Å². The SMILES string of the molecule is CC(C)OC1C=CC(C(C[C@H]2CCC(O)N2)c2ccc(C3CC3)c(=O)[nH]2)=CC1. The molecule has 1 aromatic rings. The van der Waals surface area contributed by atoms with Gasteiger partial charge in [0.05, 0.1) is 12.2 Å². The number of pyridine rings is 1. The fraction of sp³-hybridized carbons (Fsp3) is 0.609. The van der Waals surface area contributed by atoms with E-state index in [1.807, 2.05) is 6.07 Å². The van der Waals surface area contributed by atoms with Crippen molar-refractivity contribution in [3.63, 3.8) is 0 Å². The lowest BCUT2D eigenvalue weighted by Crippen LogP contribution is -2.31. The second-order valence-electron chi connectivity index (χ2n) is 8.74. The highest BCUT2D eigenvalue weighted by atomic mass is 16.5. The molecular formula is C23H32N2O3. The van der Waals surface area contributed by atoms with Crippen LogP contribution >= 0.6 is 0 Å². The topological polar surface area (TPSA) is 74.3 Å². The van der Waals surface area contributed by atoms with Crippen molar-refractivity contribution >= 4 is 0 Å². The van der Waals surface area contributed by atoms with Crippen LogP contribution in [-0.2, 0) is 4.74 Å². The number of allylic oxidation sites excluding steroid dienone is 2. The summed E-state index contributed by atoms with van der Waals surface area (Å²) in [5.41, 5.74) is 3.18. The maximum atomic E-state index is 12.6. The minimum absolute atomic E-state index is 0.0609. The third-order valence-electron chi connectivity index (χ3n) is 6.03. The molecule has 28 heavy (non-hydrogen) atoms. The average Bonchev–Trinajstić information content (AvgIpc) is 3.41. The monoisotopic (exact) mass is 384 g/mol. The fourth-order valence-corrected chi connectivity index (χ4v) is 4.46. The van der Waals surface area contributed by atoms with Crippen LogP contribution < -0.4 is 10.9 Å². The van der Waals surface area contributed by atoms with Crippen molar-refractivity contribution in [2.24, 2.45) is 0 Å². The Morgan fingerprint density at radius 1 is 1.21 bits per heavy atom. The number of aliphatic hydroxyl groups is 1. The van der Waals surface area contributed by atoms with Crippen LogP contribution in [0.5, 0.6) is 0 Å². The summed E-state index contributed by atoms with van der Waals surface area (Å²) >= 11 is 0. The van der Waals surface area contributed by atoms with E-state index in [9.17, 15) is 9.90 Å². The van der Waals surface area contributed by atoms with E-state index < -0.39 is 6.23 Å². The maximum absolute atomic E-state index is 12.6. The smallest absolute Gasteiger partial charge is 0.251 e. The summed E-state index contributed by atoms with van der Waals surface area (Å²) < 4.78 is 5.91. The molecule has 1 aromatic heterocycles. The molecule has 2 fully saturated rings. The Balaban J connectivity index is 1.56. The number of hydrogen-bond donors (Lipinski definition) is 3. The predicted molar refractivity (Wildman–Crippen MR) is 110 cm³/mol. The zero-order valence-corrected chi connectivity index (χ0v) is 16.9. The Morgan fingerprint density at radius 2 is 2.04 bits per heavy atom. The summed E-state index contributed by atoms with van der Waals surface area (Å²) in [7, 11) is 0. The van der Waals surface area contributed by atoms with Crippen molar-refractivity contribution in [2.45, 2.75) is 88.7 Å². The van der Waals surface area contributed by atoms with Gasteiger partial charge in [-0.2, -0.15) is 0 Å². The highest BCUT2D eigenvalue weighted by Crippen LogP contribution is 2.39. The summed E-state index contributed by atoms with van der Waals surface area (Å²) in [6, 6.07) is 4.37. The Hall–Kier alpha value is -1.69. The lowest BCUT2D eigenvalue weighted by molar-refractivity contribution is 0.0365. The second-order valence-corrected chi connectivity index (χ2v) is 8.74. The zero-order chi connectivity index (χ0) is 19.7. The van der Waals surface area contributed by atoms with E-state index in [1.54, 1.807) is 0 Å². The minimum Gasteiger partial charge on any atom is -0.379 e. The van der Waals surface area contributed by atoms with Gasteiger partial charge in [0.1, 0.15) is 6.23 Å². The molecule has 3 aliphatic rings. The summed E-state index contributed by atoms with van der Waals surface area (Å²) in [5, 5.41) is 13.1. The van der Waals surface area contributed by atoms with E-state index in [2.05, 4.69) is 48.4 Å². The number of rotatable bonds is 7. The molecule has 2 aliphatic carbocycles. The molecule has 152 valence electrons. The molecule has 1 saturated carbocycles. The van der Waals surface area contributed by atoms with E-state index in [0.29, 0.717) is 5.92 Å². The molecule has 0 aromatic carbocycles. The Labute approximate surface area is 166 Å². The van der Waals surface area contributed by atoms with Crippen molar-refractivity contribution in [1.82, 2.24) is 10.3 Å². The molecule has 1 saturated heterocycles. The summed E-state index contributed by atoms with van der Waals surface area (Å²) in [6.45, 7) is 4.11. The largest absolute Gasteiger partial charge is 0.379 e. The molecule has 4 rings (SSSR count). The van der Waals surface area contributed by atoms with Crippen LogP contribution in [0.2, 0.25) is 0 Å². The Morgan fingerprint density at radius 3 is 2.61 bits per heavy atom. The van der Waals surface area contributed by atoms with Crippen LogP contribution in [0.4, 0.5) is 0 Å². The van der Waals surface area contributed by atoms with Gasteiger partial charge >= 0.3 is 0 Å². The average molecular weight is 385 g/mol. The van der Waals surface area contributed by atoms with Gasteiger partial charge < -0.3 is 14.8 Å². The number of nitrogens with one attached hydrogen (secondary N) is 2. The van der Waals surface area contributed by atoms with Crippen molar-refractivity contribution in [3.8, 4) is 0 Å². The first-order valence-electron chi connectivity index (χ1n) is 10.7. The van der Waals surface area contributed by atoms with Crippen LogP contribution in [0, 0.1) is 0 Å². The Kier molecular flexibility index (Phi) is 5.85. The molecular weight excluding hydrogens is 352 g/mol. The molecule has 0 bridgehead atoms. The molecule has 2 heterocycles. The number of ether oxygens (including phenoxy) is 1. The van der Waals surface area contributed by atoms with Crippen LogP contribution in [0.1, 0.15) is 75.5 Å². The van der Waals surface area contributed by atoms with Crippen molar-refractivity contribution in [3.05, 3.63) is 57.5 Å². The second kappa shape index (κ2) is 8.36. The normalized spacial score (nSPS) is 28.6. The molecule has 1 aliphatic heterocycles. The standard InChI is InChI=1S/C23H32N2O3/c1-14(2)28-18-8-5-16(6-9-18)20(13-17-7-12-22(26)24-17)21-11-10-19(15-3-4-15)23(27)25-21/h5-6,8,10-11,14-15,17-18,20,22,24,26H,3-4,7,9,12-13H2,1-2H3,(H,25,27)/t17-,18?,20?,22?/m1/s1. The molecule has 3 unspecified atom stereocenters. The lowest BCUT2D eigenvalue weighted by Gasteiger charge is -2.26. The fourth-order valence-electron chi connectivity index (χ4n) is 4.46. The molecule has 0 amide bonds. The predicted octanol–water partition coefficient (Wildman–Crippen LogP) is 3.48. The molecule has 0 radical (unpaired) electrons. The third kappa shape index (κ3) is 4.65. The first kappa shape index (κ1) is 19.6. The van der Waals surface area contributed by atoms with E-state index in [0.717, 1.165) is 49.8 Å². The summed E-state index contributed by atoms with van der Waals surface area (Å²) in [6.07, 6.45) is 12.1. The number of H-pyrrole nitrogens is 1. The van der Waals surface area contributed by atoms with Gasteiger partial charge in [0.25, 0.3) is 5.56 Å². The van der Waals surface area contributed by atoms with Gasteiger partial charge in [-0.15, -0.1) is 0 Å². The van der Waals surface area contributed by atoms with Crippen LogP contribution in [0.15, 0.2) is 40.7 Å². The molecule has 4 atom stereocenters. The molecule has 3 N–H and O–H groups in total. The molecule has 5 heteroatoms. The first-order valence-corrected chi connectivity index (χ1v) is 10.7. The van der Waals surface area contributed by atoms with Gasteiger partial charge in [-0.25, -0.2) is 0 Å². The van der Waals surface area contributed by atoms with Gasteiger partial charge in [-0.1, -0.05) is 24.3 Å². The lowest BCUT2D eigenvalue weighted by atomic mass is 9.85. The number of aromatic amines is 1. The van der Waals surface area contributed by atoms with Gasteiger partial charge in [-0.3, -0.25) is 10.1 Å². The van der Waals surface area contributed by atoms with E-state index in [4.69, 9.17) is 4.74 Å². The van der Waals surface area contributed by atoms with E-state index in [1.165, 1.54) is 5.57 Å². The maximum Gasteiger partial charge on any atom is 0.251 e. The first-order chi connectivity index (χ1) is 13.5. The van der Waals surface area contributed by atoms with E-state index in [-0.39, 0.29) is 29.7 Å². The van der Waals surface area contributed by atoms with Gasteiger partial charge in [0.2, 0.25) is 0 Å². The van der Waals surface area contributed by atoms with Crippen LogP contribution in [-0.4, -0.2) is 34.6 Å². The third-order valence-corrected chi connectivity index (χ3v) is 6.03. The molecule has 0 spiro atoms. The quantitative estimate of drug-likeness (QED) is 0.673. The molecule has 5 nitrogen and oxygen atoms in total. The van der Waals surface area contributed by atoms with Crippen molar-refractivity contribution < 1.29 is 9.84 Å². The number of hydrogen-bond acceptors (Lipinski definition) is 4. The highest BCUT2D eigenvalue weighted by molar-refractivity contribution is 5.36. The summed E-state index contributed by atoms with van der Waals surface area (Å²) in [4.78, 5) is 15.8. The van der Waals surface area contributed by atoms with Crippen molar-refractivity contribution in [2.75, 3.05) is 0 Å².